The third kappa shape index (κ3) is 1.54. The zero-order chi connectivity index (χ0) is 9.10. The summed E-state index contributed by atoms with van der Waals surface area (Å²) in [5.41, 5.74) is 7.04. The van der Waals surface area contributed by atoms with Crippen molar-refractivity contribution in [1.82, 2.24) is 20.4 Å². The molecule has 0 saturated carbocycles. The largest absolute Gasteiger partial charge is 0.305 e. The van der Waals surface area contributed by atoms with Gasteiger partial charge in [-0.05, 0) is 12.1 Å². The molecule has 0 spiro atoms. The predicted molar refractivity (Wildman–Crippen MR) is 50.0 cm³/mol. The average Bonchev–Trinajstić information content (AvgIpc) is 2.18. The smallest absolute Gasteiger partial charge is 0.180 e. The number of pyridine rings is 1. The van der Waals surface area contributed by atoms with Crippen molar-refractivity contribution in [1.29, 1.82) is 0 Å². The normalized spacial score (nSPS) is 10.2. The summed E-state index contributed by atoms with van der Waals surface area (Å²) in [6.45, 7) is 0. The van der Waals surface area contributed by atoms with E-state index in [9.17, 15) is 0 Å². The number of anilines is 1. The summed E-state index contributed by atoms with van der Waals surface area (Å²) >= 11 is 0. The highest BCUT2D eigenvalue weighted by Crippen LogP contribution is 2.07. The van der Waals surface area contributed by atoms with Gasteiger partial charge in [0.15, 0.2) is 11.5 Å². The molecule has 2 heterocycles. The Morgan fingerprint density at radius 3 is 3.08 bits per heavy atom. The van der Waals surface area contributed by atoms with Crippen molar-refractivity contribution in [2.45, 2.75) is 0 Å². The van der Waals surface area contributed by atoms with Crippen LogP contribution in [0, 0.1) is 0 Å². The van der Waals surface area contributed by atoms with Gasteiger partial charge in [0.05, 0.1) is 6.20 Å². The van der Waals surface area contributed by atoms with Crippen LogP contribution in [-0.2, 0) is 0 Å². The second-order valence-electron chi connectivity index (χ2n) is 2.48. The van der Waals surface area contributed by atoms with Crippen LogP contribution in [0.25, 0.3) is 11.2 Å². The molecule has 2 rings (SSSR count). The standard InChI is InChI=1S/C8H9N5/c1-9-13-7-5-11-6-3-2-4-10-8(6)12-7/h2-5,9H,1H3,(H,10,12,13). The number of hydrazine groups is 1. The lowest BCUT2D eigenvalue weighted by atomic mass is 10.4. The molecule has 2 aromatic heterocycles. The van der Waals surface area contributed by atoms with Gasteiger partial charge in [0.1, 0.15) is 5.52 Å². The quantitative estimate of drug-likeness (QED) is 0.653. The number of rotatable bonds is 2. The first-order chi connectivity index (χ1) is 6.40. The molecule has 2 aromatic rings. The first kappa shape index (κ1) is 7.88. The van der Waals surface area contributed by atoms with Crippen molar-refractivity contribution in [3.05, 3.63) is 24.5 Å². The number of nitrogens with zero attached hydrogens (tertiary/aromatic N) is 3. The summed E-state index contributed by atoms with van der Waals surface area (Å²) in [5, 5.41) is 0. The van der Waals surface area contributed by atoms with Gasteiger partial charge in [-0.3, -0.25) is 0 Å². The Balaban J connectivity index is 2.49. The molecule has 0 unspecified atom stereocenters. The molecule has 0 aromatic carbocycles. The lowest BCUT2D eigenvalue weighted by Crippen LogP contribution is -2.16. The van der Waals surface area contributed by atoms with Gasteiger partial charge in [-0.2, -0.15) is 0 Å². The van der Waals surface area contributed by atoms with Crippen molar-refractivity contribution in [2.75, 3.05) is 12.5 Å². The Morgan fingerprint density at radius 1 is 1.31 bits per heavy atom. The lowest BCUT2D eigenvalue weighted by Gasteiger charge is -2.02. The van der Waals surface area contributed by atoms with E-state index in [2.05, 4.69) is 25.8 Å². The highest BCUT2D eigenvalue weighted by Gasteiger charge is 1.97. The minimum absolute atomic E-state index is 0.641. The number of fused-ring (bicyclic) bond motifs is 1. The molecule has 0 saturated heterocycles. The number of hydrogen-bond donors (Lipinski definition) is 2. The summed E-state index contributed by atoms with van der Waals surface area (Å²) in [4.78, 5) is 12.5. The molecule has 0 aliphatic heterocycles. The van der Waals surface area contributed by atoms with E-state index in [1.54, 1.807) is 19.4 Å². The number of nitrogens with one attached hydrogen (secondary N) is 2. The fraction of sp³-hybridized carbons (Fsp3) is 0.125. The van der Waals surface area contributed by atoms with E-state index < -0.39 is 0 Å². The molecule has 0 fully saturated rings. The lowest BCUT2D eigenvalue weighted by molar-refractivity contribution is 0.962. The third-order valence-electron chi connectivity index (χ3n) is 1.57. The van der Waals surface area contributed by atoms with Gasteiger partial charge in [-0.1, -0.05) is 0 Å². The predicted octanol–water partition coefficient (Wildman–Crippen LogP) is 0.571. The summed E-state index contributed by atoms with van der Waals surface area (Å²) in [7, 11) is 1.77. The van der Waals surface area contributed by atoms with E-state index in [0.29, 0.717) is 11.5 Å². The zero-order valence-electron chi connectivity index (χ0n) is 7.15. The van der Waals surface area contributed by atoms with E-state index in [-0.39, 0.29) is 0 Å². The summed E-state index contributed by atoms with van der Waals surface area (Å²) < 4.78 is 0. The van der Waals surface area contributed by atoms with Crippen molar-refractivity contribution < 1.29 is 0 Å². The van der Waals surface area contributed by atoms with Gasteiger partial charge in [-0.25, -0.2) is 20.4 Å². The van der Waals surface area contributed by atoms with E-state index in [1.807, 2.05) is 12.1 Å². The molecule has 0 aliphatic rings. The van der Waals surface area contributed by atoms with Crippen LogP contribution in [0.4, 0.5) is 5.82 Å². The maximum Gasteiger partial charge on any atom is 0.180 e. The Morgan fingerprint density at radius 2 is 2.23 bits per heavy atom. The van der Waals surface area contributed by atoms with Crippen LogP contribution < -0.4 is 10.9 Å². The van der Waals surface area contributed by atoms with Gasteiger partial charge >= 0.3 is 0 Å². The Kier molecular flexibility index (Phi) is 2.01. The summed E-state index contributed by atoms with van der Waals surface area (Å²) in [6.07, 6.45) is 3.35. The second-order valence-corrected chi connectivity index (χ2v) is 2.48. The van der Waals surface area contributed by atoms with Crippen LogP contribution in [0.5, 0.6) is 0 Å². The van der Waals surface area contributed by atoms with Crippen molar-refractivity contribution >= 4 is 17.0 Å². The molecule has 0 bridgehead atoms. The molecular weight excluding hydrogens is 166 g/mol. The topological polar surface area (TPSA) is 62.7 Å². The SMILES string of the molecule is CNNc1cnc2cccnc2n1. The van der Waals surface area contributed by atoms with Crippen LogP contribution in [0.15, 0.2) is 24.5 Å². The first-order valence-corrected chi connectivity index (χ1v) is 3.90. The molecule has 0 amide bonds. The van der Waals surface area contributed by atoms with Crippen LogP contribution in [0.2, 0.25) is 0 Å². The van der Waals surface area contributed by atoms with Gasteiger partial charge in [-0.15, -0.1) is 0 Å². The fourth-order valence-electron chi connectivity index (χ4n) is 1.04. The Hall–Kier alpha value is -1.75. The van der Waals surface area contributed by atoms with Crippen LogP contribution in [-0.4, -0.2) is 22.0 Å². The van der Waals surface area contributed by atoms with E-state index in [4.69, 9.17) is 0 Å². The van der Waals surface area contributed by atoms with Crippen molar-refractivity contribution in [2.24, 2.45) is 0 Å². The maximum atomic E-state index is 4.22. The minimum atomic E-state index is 0.641. The Labute approximate surface area is 75.2 Å². The summed E-state index contributed by atoms with van der Waals surface area (Å²) in [6, 6.07) is 3.71. The van der Waals surface area contributed by atoms with E-state index in [1.165, 1.54) is 0 Å². The van der Waals surface area contributed by atoms with Gasteiger partial charge in [0, 0.05) is 13.2 Å². The highest BCUT2D eigenvalue weighted by atomic mass is 15.4. The van der Waals surface area contributed by atoms with E-state index in [0.717, 1.165) is 5.52 Å². The van der Waals surface area contributed by atoms with Crippen LogP contribution in [0.3, 0.4) is 0 Å². The van der Waals surface area contributed by atoms with Gasteiger partial charge in [0.2, 0.25) is 0 Å². The molecule has 2 N–H and O–H groups in total. The highest BCUT2D eigenvalue weighted by molar-refractivity contribution is 5.70. The average molecular weight is 175 g/mol. The van der Waals surface area contributed by atoms with Crippen molar-refractivity contribution in [3.8, 4) is 0 Å². The third-order valence-corrected chi connectivity index (χ3v) is 1.57. The van der Waals surface area contributed by atoms with E-state index >= 15 is 0 Å². The van der Waals surface area contributed by atoms with Crippen LogP contribution >= 0.6 is 0 Å². The molecule has 0 radical (unpaired) electrons. The molecule has 0 atom stereocenters. The number of aromatic nitrogens is 3. The minimum Gasteiger partial charge on any atom is -0.305 e. The molecule has 66 valence electrons. The van der Waals surface area contributed by atoms with Gasteiger partial charge < -0.3 is 5.43 Å². The molecule has 5 nitrogen and oxygen atoms in total. The second kappa shape index (κ2) is 3.32. The van der Waals surface area contributed by atoms with Gasteiger partial charge in [0.25, 0.3) is 0 Å². The Bertz CT molecular complexity index is 414. The molecule has 0 aliphatic carbocycles. The maximum absolute atomic E-state index is 4.22. The fourth-order valence-corrected chi connectivity index (χ4v) is 1.04. The molecular formula is C8H9N5. The monoisotopic (exact) mass is 175 g/mol. The molecule has 5 heteroatoms. The summed E-state index contributed by atoms with van der Waals surface area (Å²) in [5.74, 6) is 0.661. The first-order valence-electron chi connectivity index (χ1n) is 3.90. The zero-order valence-corrected chi connectivity index (χ0v) is 7.15. The van der Waals surface area contributed by atoms with Crippen molar-refractivity contribution in [3.63, 3.8) is 0 Å². The molecule has 13 heavy (non-hydrogen) atoms. The van der Waals surface area contributed by atoms with Crippen LogP contribution in [0.1, 0.15) is 0 Å². The number of hydrogen-bond acceptors (Lipinski definition) is 5.